The lowest BCUT2D eigenvalue weighted by Gasteiger charge is -2.34. The van der Waals surface area contributed by atoms with Crippen molar-refractivity contribution in [2.24, 2.45) is 0 Å². The van der Waals surface area contributed by atoms with Gasteiger partial charge in [0.15, 0.2) is 0 Å². The molecule has 0 radical (unpaired) electrons. The van der Waals surface area contributed by atoms with E-state index in [1.54, 1.807) is 61.9 Å². The van der Waals surface area contributed by atoms with E-state index in [-0.39, 0.29) is 5.91 Å². The molecule has 7 rings (SSSR count). The molecular formula is C43H36ClN5O5. The van der Waals surface area contributed by atoms with Gasteiger partial charge in [0.25, 0.3) is 0 Å². The van der Waals surface area contributed by atoms with Crippen molar-refractivity contribution in [1.82, 2.24) is 19.8 Å². The number of piperazine rings is 1. The van der Waals surface area contributed by atoms with Gasteiger partial charge in [-0.25, -0.2) is 9.97 Å². The maximum absolute atomic E-state index is 13.0. The maximum atomic E-state index is 13.0. The van der Waals surface area contributed by atoms with Crippen LogP contribution in [0.2, 0.25) is 5.02 Å². The van der Waals surface area contributed by atoms with Crippen molar-refractivity contribution < 1.29 is 23.7 Å². The highest BCUT2D eigenvalue weighted by molar-refractivity contribution is 6.32. The number of pyridine rings is 2. The fourth-order valence-corrected chi connectivity index (χ4v) is 6.13. The average molecular weight is 738 g/mol. The van der Waals surface area contributed by atoms with Gasteiger partial charge in [0.1, 0.15) is 29.6 Å². The van der Waals surface area contributed by atoms with Gasteiger partial charge in [-0.15, -0.1) is 0 Å². The number of carbonyl (C=O) groups is 1. The third-order valence-corrected chi connectivity index (χ3v) is 9.18. The molecule has 11 heteroatoms. The molecule has 0 spiro atoms. The number of ether oxygens (including phenoxy) is 4. The van der Waals surface area contributed by atoms with Gasteiger partial charge in [-0.2, -0.15) is 5.26 Å². The first-order valence-electron chi connectivity index (χ1n) is 17.4. The highest BCUT2D eigenvalue weighted by atomic mass is 35.5. The van der Waals surface area contributed by atoms with Gasteiger partial charge in [-0.1, -0.05) is 35.9 Å². The predicted molar refractivity (Wildman–Crippen MR) is 207 cm³/mol. The summed E-state index contributed by atoms with van der Waals surface area (Å²) in [7, 11) is 1.63. The van der Waals surface area contributed by atoms with Crippen molar-refractivity contribution in [3.63, 3.8) is 0 Å². The van der Waals surface area contributed by atoms with Crippen LogP contribution in [0.4, 0.5) is 0 Å². The zero-order valence-corrected chi connectivity index (χ0v) is 30.3. The smallest absolute Gasteiger partial charge is 0.246 e. The number of amides is 1. The van der Waals surface area contributed by atoms with E-state index in [9.17, 15) is 4.79 Å². The lowest BCUT2D eigenvalue weighted by Crippen LogP contribution is -2.47. The minimum atomic E-state index is -0.0405. The lowest BCUT2D eigenvalue weighted by atomic mass is 10.1. The maximum Gasteiger partial charge on any atom is 0.246 e. The minimum absolute atomic E-state index is 0.0405. The van der Waals surface area contributed by atoms with Gasteiger partial charge >= 0.3 is 0 Å². The summed E-state index contributed by atoms with van der Waals surface area (Å²) >= 11 is 6.53. The summed E-state index contributed by atoms with van der Waals surface area (Å²) in [5.41, 5.74) is 4.38. The van der Waals surface area contributed by atoms with E-state index in [1.807, 2.05) is 65.6 Å². The normalized spacial score (nSPS) is 13.1. The number of rotatable bonds is 12. The van der Waals surface area contributed by atoms with Crippen molar-refractivity contribution in [2.75, 3.05) is 33.3 Å². The number of aromatic nitrogens is 2. The first-order chi connectivity index (χ1) is 26.4. The molecule has 1 aliphatic rings. The van der Waals surface area contributed by atoms with Crippen LogP contribution in [0.25, 0.3) is 17.0 Å². The fourth-order valence-electron chi connectivity index (χ4n) is 5.90. The van der Waals surface area contributed by atoms with Crippen LogP contribution in [0.15, 0.2) is 121 Å². The van der Waals surface area contributed by atoms with Crippen molar-refractivity contribution in [2.45, 2.75) is 13.2 Å². The Kier molecular flexibility index (Phi) is 11.3. The molecule has 3 heterocycles. The van der Waals surface area contributed by atoms with Gasteiger partial charge < -0.3 is 23.8 Å². The number of nitriles is 1. The number of carbonyl (C=O) groups excluding carboxylic acids is 1. The monoisotopic (exact) mass is 737 g/mol. The zero-order chi connectivity index (χ0) is 37.3. The molecule has 0 aliphatic carbocycles. The molecule has 1 fully saturated rings. The molecule has 10 nitrogen and oxygen atoms in total. The fraction of sp³-hybridized carbons (Fsp3) is 0.163. The highest BCUT2D eigenvalue weighted by Crippen LogP contribution is 2.31. The molecule has 6 aromatic rings. The average Bonchev–Trinajstić information content (AvgIpc) is 3.21. The Hall–Kier alpha value is -6.41. The van der Waals surface area contributed by atoms with Crippen LogP contribution in [0.5, 0.6) is 34.8 Å². The van der Waals surface area contributed by atoms with Crippen molar-refractivity contribution in [1.29, 1.82) is 5.26 Å². The molecule has 0 saturated carbocycles. The summed E-state index contributed by atoms with van der Waals surface area (Å²) in [6.45, 7) is 3.98. The number of nitrogens with zero attached hydrogens (tertiary/aromatic N) is 5. The molecule has 1 aliphatic heterocycles. The van der Waals surface area contributed by atoms with Gasteiger partial charge in [0, 0.05) is 56.3 Å². The number of halogens is 1. The van der Waals surface area contributed by atoms with Crippen LogP contribution < -0.4 is 18.9 Å². The number of hydrogen-bond donors (Lipinski definition) is 0. The van der Waals surface area contributed by atoms with E-state index in [1.165, 1.54) is 5.56 Å². The largest absolute Gasteiger partial charge is 0.497 e. The third kappa shape index (κ3) is 9.33. The molecule has 54 heavy (non-hydrogen) atoms. The van der Waals surface area contributed by atoms with Crippen LogP contribution >= 0.6 is 11.6 Å². The summed E-state index contributed by atoms with van der Waals surface area (Å²) in [6.07, 6.45) is 4.93. The molecule has 0 atom stereocenters. The molecule has 2 aromatic heterocycles. The number of methoxy groups -OCH3 is 1. The topological polar surface area (TPSA) is 110 Å². The van der Waals surface area contributed by atoms with E-state index in [0.29, 0.717) is 59.3 Å². The van der Waals surface area contributed by atoms with Crippen LogP contribution in [0.1, 0.15) is 22.3 Å². The number of hydrogen-bond acceptors (Lipinski definition) is 9. The van der Waals surface area contributed by atoms with Crippen LogP contribution in [0, 0.1) is 11.3 Å². The Balaban J connectivity index is 0.860. The van der Waals surface area contributed by atoms with E-state index in [4.69, 9.17) is 35.8 Å². The predicted octanol–water partition coefficient (Wildman–Crippen LogP) is 8.68. The van der Waals surface area contributed by atoms with E-state index < -0.39 is 0 Å². The van der Waals surface area contributed by atoms with E-state index >= 15 is 0 Å². The van der Waals surface area contributed by atoms with Gasteiger partial charge in [-0.3, -0.25) is 9.69 Å². The molecule has 0 bridgehead atoms. The van der Waals surface area contributed by atoms with Gasteiger partial charge in [0.2, 0.25) is 17.7 Å². The first-order valence-corrected chi connectivity index (χ1v) is 17.7. The van der Waals surface area contributed by atoms with E-state index in [0.717, 1.165) is 47.4 Å². The number of benzene rings is 4. The summed E-state index contributed by atoms with van der Waals surface area (Å²) < 4.78 is 22.8. The van der Waals surface area contributed by atoms with E-state index in [2.05, 4.69) is 33.1 Å². The minimum Gasteiger partial charge on any atom is -0.497 e. The second-order valence-corrected chi connectivity index (χ2v) is 13.0. The van der Waals surface area contributed by atoms with Crippen molar-refractivity contribution in [3.05, 3.63) is 149 Å². The molecule has 1 saturated heterocycles. The van der Waals surface area contributed by atoms with Crippen molar-refractivity contribution in [3.8, 4) is 40.8 Å². The standard InChI is InChI=1S/C43H36ClN5O5/c1-51-35-10-12-36(13-11-35)53-42-17-9-34-24-33(6-15-39(34)47-42)28-48-20-22-49(23-21-48)43(50)19-8-30-7-16-40(38(44)25-30)54-41-18-14-37(27-46-41)52-29-32-4-2-31(26-45)3-5-32/h2-19,24-25,27H,20-23,28-29H2,1H3/b19-8+. The lowest BCUT2D eigenvalue weighted by molar-refractivity contribution is -0.127. The zero-order valence-electron chi connectivity index (χ0n) is 29.5. The number of fused-ring (bicyclic) bond motifs is 1. The third-order valence-electron chi connectivity index (χ3n) is 8.89. The molecule has 4 aromatic carbocycles. The molecular weight excluding hydrogens is 702 g/mol. The SMILES string of the molecule is COc1ccc(Oc2ccc3cc(CN4CCN(C(=O)/C=C/c5ccc(Oc6ccc(OCc7ccc(C#N)cc7)cn6)c(Cl)c5)CC4)ccc3n2)cc1. The molecule has 0 N–H and O–H groups in total. The van der Waals surface area contributed by atoms with Gasteiger partial charge in [0.05, 0.1) is 35.5 Å². The summed E-state index contributed by atoms with van der Waals surface area (Å²) in [4.78, 5) is 26.3. The van der Waals surface area contributed by atoms with Gasteiger partial charge in [-0.05, 0) is 95.6 Å². The van der Waals surface area contributed by atoms with Crippen molar-refractivity contribution >= 4 is 34.5 Å². The Morgan fingerprint density at radius 1 is 0.815 bits per heavy atom. The summed E-state index contributed by atoms with van der Waals surface area (Å²) in [5, 5.41) is 10.4. The highest BCUT2D eigenvalue weighted by Gasteiger charge is 2.20. The van der Waals surface area contributed by atoms with Crippen LogP contribution in [-0.2, 0) is 17.9 Å². The van der Waals surface area contributed by atoms with Crippen LogP contribution in [0.3, 0.4) is 0 Å². The second kappa shape index (κ2) is 16.9. The summed E-state index contributed by atoms with van der Waals surface area (Å²) in [6, 6.07) is 35.7. The quantitative estimate of drug-likeness (QED) is 0.114. The Morgan fingerprint density at radius 2 is 1.56 bits per heavy atom. The summed E-state index contributed by atoms with van der Waals surface area (Å²) in [5.74, 6) is 3.35. The first kappa shape index (κ1) is 36.0. The molecule has 0 unspecified atom stereocenters. The Labute approximate surface area is 318 Å². The Bertz CT molecular complexity index is 2300. The molecule has 270 valence electrons. The molecule has 1 amide bonds. The Morgan fingerprint density at radius 3 is 2.28 bits per heavy atom. The second-order valence-electron chi connectivity index (χ2n) is 12.6. The van der Waals surface area contributed by atoms with Crippen LogP contribution in [-0.4, -0.2) is 59.0 Å².